The monoisotopic (exact) mass is 668 g/mol. The van der Waals surface area contributed by atoms with Gasteiger partial charge >= 0.3 is 0 Å². The van der Waals surface area contributed by atoms with Crippen molar-refractivity contribution in [1.29, 1.82) is 0 Å². The molecule has 0 unspecified atom stereocenters. The SMILES string of the molecule is OCc1ccc(C(Cl)(Cl)C(Cl)(Cl)C(Cl)(Cl)Cl)cc1C(Cl)(Cl)C(Cl)(Cl)C(Cl)(Cl)Cl. The summed E-state index contributed by atoms with van der Waals surface area (Å²) < 4.78 is -14.0. The van der Waals surface area contributed by atoms with Gasteiger partial charge in [-0.25, -0.2) is 0 Å². The van der Waals surface area contributed by atoms with Gasteiger partial charge in [-0.15, -0.1) is 0 Å². The van der Waals surface area contributed by atoms with Crippen LogP contribution in [0.15, 0.2) is 18.2 Å². The lowest BCUT2D eigenvalue weighted by atomic mass is 9.96. The van der Waals surface area contributed by atoms with Crippen molar-refractivity contribution in [3.05, 3.63) is 34.9 Å². The maximum Gasteiger partial charge on any atom is 0.226 e. The summed E-state index contributed by atoms with van der Waals surface area (Å²) in [6.45, 7) is -0.560. The minimum Gasteiger partial charge on any atom is -0.392 e. The van der Waals surface area contributed by atoms with Gasteiger partial charge in [0, 0.05) is 0 Å². The minimum absolute atomic E-state index is 0.0431. The molecule has 15 heteroatoms. The highest BCUT2D eigenvalue weighted by atomic mass is 35.6. The molecule has 0 aliphatic heterocycles. The summed E-state index contributed by atoms with van der Waals surface area (Å²) in [4.78, 5) is 0. The molecule has 0 atom stereocenters. The highest BCUT2D eigenvalue weighted by molar-refractivity contribution is 6.79. The number of alkyl halides is 14. The van der Waals surface area contributed by atoms with Crippen LogP contribution in [-0.4, -0.2) is 21.4 Å². The molecule has 0 aliphatic rings. The van der Waals surface area contributed by atoms with Crippen LogP contribution in [0.2, 0.25) is 0 Å². The first-order chi connectivity index (χ1) is 12.2. The molecular weight excluding hydrogens is 668 g/mol. The van der Waals surface area contributed by atoms with Crippen LogP contribution in [0.4, 0.5) is 0 Å². The highest BCUT2D eigenvalue weighted by Crippen LogP contribution is 2.63. The molecule has 0 aromatic heterocycles. The van der Waals surface area contributed by atoms with Gasteiger partial charge in [-0.05, 0) is 22.8 Å². The third kappa shape index (κ3) is 5.31. The van der Waals surface area contributed by atoms with E-state index in [2.05, 4.69) is 0 Å². The minimum atomic E-state index is -2.41. The zero-order valence-electron chi connectivity index (χ0n) is 12.7. The first-order valence-corrected chi connectivity index (χ1v) is 11.8. The van der Waals surface area contributed by atoms with Gasteiger partial charge in [-0.2, -0.15) is 0 Å². The van der Waals surface area contributed by atoms with Gasteiger partial charge in [0.2, 0.25) is 16.3 Å². The summed E-state index contributed by atoms with van der Waals surface area (Å²) >= 11 is 84.6. The van der Waals surface area contributed by atoms with E-state index in [-0.39, 0.29) is 16.7 Å². The van der Waals surface area contributed by atoms with Crippen molar-refractivity contribution < 1.29 is 5.11 Å². The third-order valence-corrected chi connectivity index (χ3v) is 11.4. The second-order valence-corrected chi connectivity index (χ2v) is 15.2. The Morgan fingerprint density at radius 1 is 0.607 bits per heavy atom. The predicted molar refractivity (Wildman–Crippen MR) is 129 cm³/mol. The molecule has 162 valence electrons. The molecule has 0 aliphatic carbocycles. The lowest BCUT2D eigenvalue weighted by molar-refractivity contribution is 0.280. The molecule has 1 N–H and O–H groups in total. The first kappa shape index (κ1) is 29.3. The molecule has 0 amide bonds. The van der Waals surface area contributed by atoms with Gasteiger partial charge in [0.1, 0.15) is 0 Å². The van der Waals surface area contributed by atoms with Gasteiger partial charge in [0.25, 0.3) is 0 Å². The van der Waals surface area contributed by atoms with Crippen molar-refractivity contribution in [3.63, 3.8) is 0 Å². The molecule has 1 aromatic carbocycles. The van der Waals surface area contributed by atoms with Crippen molar-refractivity contribution in [2.75, 3.05) is 0 Å². The summed E-state index contributed by atoms with van der Waals surface area (Å²) in [5.74, 6) is 0. The molecule has 0 saturated heterocycles. The first-order valence-electron chi connectivity index (χ1n) is 6.55. The molecule has 1 rings (SSSR count). The van der Waals surface area contributed by atoms with Crippen LogP contribution in [-0.2, 0) is 15.3 Å². The third-order valence-electron chi connectivity index (χ3n) is 3.48. The van der Waals surface area contributed by atoms with Gasteiger partial charge in [-0.1, -0.05) is 175 Å². The van der Waals surface area contributed by atoms with Gasteiger partial charge in [-0.3, -0.25) is 0 Å². The molecule has 1 aromatic rings. The van der Waals surface area contributed by atoms with Crippen LogP contribution < -0.4 is 0 Å². The van der Waals surface area contributed by atoms with Crippen molar-refractivity contribution in [2.24, 2.45) is 0 Å². The van der Waals surface area contributed by atoms with E-state index in [0.29, 0.717) is 0 Å². The van der Waals surface area contributed by atoms with E-state index in [9.17, 15) is 5.11 Å². The molecule has 0 fully saturated rings. The number of benzene rings is 1. The van der Waals surface area contributed by atoms with Gasteiger partial charge in [0.15, 0.2) is 8.67 Å². The Morgan fingerprint density at radius 3 is 1.36 bits per heavy atom. The summed E-state index contributed by atoms with van der Waals surface area (Å²) in [6.07, 6.45) is 0. The van der Waals surface area contributed by atoms with Crippen molar-refractivity contribution in [2.45, 2.75) is 31.5 Å². The van der Waals surface area contributed by atoms with Crippen LogP contribution in [0, 0.1) is 0 Å². The Labute approximate surface area is 231 Å². The van der Waals surface area contributed by atoms with E-state index in [1.807, 2.05) is 0 Å². The van der Waals surface area contributed by atoms with Crippen molar-refractivity contribution in [1.82, 2.24) is 0 Å². The smallest absolute Gasteiger partial charge is 0.226 e. The Hall–Kier alpha value is 3.24. The van der Waals surface area contributed by atoms with Crippen LogP contribution in [0.1, 0.15) is 16.7 Å². The zero-order chi connectivity index (χ0) is 22.6. The Morgan fingerprint density at radius 2 is 1.00 bits per heavy atom. The molecule has 0 spiro atoms. The standard InChI is InChI=1S/C13H6Cl14O/c14-8(15,10(18,19)12(22,23)24)6-2-1-5(4-28)7(3-6)9(16,17)11(20,21)13(25,26)27/h1-3,28H,4H2. The molecular formula is C13H6Cl14O. The number of aliphatic hydroxyl groups is 1. The largest absolute Gasteiger partial charge is 0.392 e. The second kappa shape index (κ2) is 9.47. The summed E-state index contributed by atoms with van der Waals surface area (Å²) in [5.41, 5.74) is -0.0220. The van der Waals surface area contributed by atoms with E-state index < -0.39 is 31.5 Å². The van der Waals surface area contributed by atoms with Gasteiger partial charge in [0.05, 0.1) is 6.61 Å². The van der Waals surface area contributed by atoms with Crippen LogP contribution in [0.5, 0.6) is 0 Å². The topological polar surface area (TPSA) is 20.2 Å². The Balaban J connectivity index is 3.75. The number of aliphatic hydroxyl groups excluding tert-OH is 1. The van der Waals surface area contributed by atoms with Crippen LogP contribution in [0.25, 0.3) is 0 Å². The summed E-state index contributed by atoms with van der Waals surface area (Å²) in [5, 5.41) is 9.65. The molecule has 0 radical (unpaired) electrons. The summed E-state index contributed by atoms with van der Waals surface area (Å²) in [7, 11) is 0. The average molecular weight is 675 g/mol. The van der Waals surface area contributed by atoms with E-state index in [4.69, 9.17) is 162 Å². The lowest BCUT2D eigenvalue weighted by Crippen LogP contribution is -2.46. The number of rotatable bonds is 5. The number of halogens is 14. The quantitative estimate of drug-likeness (QED) is 0.309. The van der Waals surface area contributed by atoms with E-state index in [1.165, 1.54) is 18.2 Å². The normalized spacial score (nSPS) is 15.1. The fourth-order valence-corrected chi connectivity index (χ4v) is 4.91. The average Bonchev–Trinajstić information content (AvgIpc) is 2.51. The van der Waals surface area contributed by atoms with Crippen molar-refractivity contribution >= 4 is 162 Å². The van der Waals surface area contributed by atoms with E-state index in [0.717, 1.165) is 0 Å². The molecule has 0 saturated carbocycles. The number of hydrogen-bond donors (Lipinski definition) is 1. The fraction of sp³-hybridized carbons (Fsp3) is 0.538. The van der Waals surface area contributed by atoms with Crippen LogP contribution >= 0.6 is 162 Å². The second-order valence-electron chi connectivity index (χ2n) is 5.32. The molecule has 0 bridgehead atoms. The lowest BCUT2D eigenvalue weighted by Gasteiger charge is -2.40. The maximum atomic E-state index is 9.65. The van der Waals surface area contributed by atoms with Gasteiger partial charge < -0.3 is 5.11 Å². The van der Waals surface area contributed by atoms with E-state index in [1.54, 1.807) is 0 Å². The fourth-order valence-electron chi connectivity index (χ4n) is 1.91. The molecule has 1 nitrogen and oxygen atoms in total. The van der Waals surface area contributed by atoms with E-state index >= 15 is 0 Å². The summed E-state index contributed by atoms with van der Waals surface area (Å²) in [6, 6.07) is 3.83. The predicted octanol–water partition coefficient (Wildman–Crippen LogP) is 9.53. The molecule has 0 heterocycles. The number of hydrogen-bond acceptors (Lipinski definition) is 1. The Bertz CT molecular complexity index is 715. The maximum absolute atomic E-state index is 9.65. The van der Waals surface area contributed by atoms with Crippen molar-refractivity contribution in [3.8, 4) is 0 Å². The van der Waals surface area contributed by atoms with Crippen LogP contribution in [0.3, 0.4) is 0 Å². The highest BCUT2D eigenvalue weighted by Gasteiger charge is 2.63. The Kier molecular flexibility index (Phi) is 9.90. The zero-order valence-corrected chi connectivity index (χ0v) is 23.3. The molecule has 28 heavy (non-hydrogen) atoms.